The summed E-state index contributed by atoms with van der Waals surface area (Å²) in [5, 5.41) is 0. The van der Waals surface area contributed by atoms with Gasteiger partial charge in [-0.1, -0.05) is 153 Å². The van der Waals surface area contributed by atoms with Crippen molar-refractivity contribution in [1.29, 1.82) is 0 Å². The van der Waals surface area contributed by atoms with Crippen molar-refractivity contribution in [3.8, 4) is 0 Å². The average molecular weight is 571 g/mol. The molecule has 1 rings (SSSR count). The van der Waals surface area contributed by atoms with Gasteiger partial charge in [0.1, 0.15) is 6.54 Å². The van der Waals surface area contributed by atoms with Gasteiger partial charge in [0.2, 0.25) is 0 Å². The van der Waals surface area contributed by atoms with Crippen LogP contribution < -0.4 is 0 Å². The van der Waals surface area contributed by atoms with Crippen LogP contribution in [0.1, 0.15) is 148 Å². The molecule has 0 saturated carbocycles. The summed E-state index contributed by atoms with van der Waals surface area (Å²) in [7, 11) is 0.489. The Morgan fingerprint density at radius 2 is 1.00 bits per heavy atom. The van der Waals surface area contributed by atoms with Gasteiger partial charge in [-0.2, -0.15) is 8.42 Å². The van der Waals surface area contributed by atoms with Gasteiger partial charge in [0.05, 0.1) is 27.2 Å². The molecule has 0 radical (unpaired) electrons. The molecule has 0 unspecified atom stereocenters. The lowest BCUT2D eigenvalue weighted by atomic mass is 10.1. The maximum atomic E-state index is 10.2. The first kappa shape index (κ1) is 38.0. The summed E-state index contributed by atoms with van der Waals surface area (Å²) in [6.45, 7) is 7.05. The summed E-state index contributed by atoms with van der Waals surface area (Å²) in [5.74, 6) is 0. The smallest absolute Gasteiger partial charge is 0.325 e. The summed E-state index contributed by atoms with van der Waals surface area (Å²) < 4.78 is 34.1. The van der Waals surface area contributed by atoms with E-state index in [9.17, 15) is 8.42 Å². The molecule has 0 amide bonds. The third-order valence-corrected chi connectivity index (χ3v) is 7.77. The van der Waals surface area contributed by atoms with Gasteiger partial charge in [-0.3, -0.25) is 4.55 Å². The molecule has 5 nitrogen and oxygen atoms in total. The molecule has 0 bridgehead atoms. The summed E-state index contributed by atoms with van der Waals surface area (Å²) in [6.07, 6.45) is 26.1. The first-order valence-electron chi connectivity index (χ1n) is 16.2. The molecular weight excluding hydrogens is 506 g/mol. The molecule has 0 aliphatic heterocycles. The van der Waals surface area contributed by atoms with Crippen LogP contribution in [-0.2, 0) is 21.1 Å². The van der Waals surface area contributed by atoms with Crippen LogP contribution in [0.3, 0.4) is 0 Å². The lowest BCUT2D eigenvalue weighted by Gasteiger charge is -2.30. The van der Waals surface area contributed by atoms with Crippen LogP contribution in [0.2, 0.25) is 0 Å². The van der Waals surface area contributed by atoms with E-state index in [1.165, 1.54) is 121 Å². The molecule has 0 spiro atoms. The molecule has 39 heavy (non-hydrogen) atoms. The zero-order valence-electron chi connectivity index (χ0n) is 26.2. The van der Waals surface area contributed by atoms with Gasteiger partial charge in [0, 0.05) is 5.56 Å². The van der Waals surface area contributed by atoms with Gasteiger partial charge in [0.25, 0.3) is 0 Å². The molecule has 0 fully saturated rings. The van der Waals surface area contributed by atoms with Crippen molar-refractivity contribution < 1.29 is 21.6 Å². The quantitative estimate of drug-likeness (QED) is 0.0722. The van der Waals surface area contributed by atoms with Gasteiger partial charge in [0.15, 0.2) is 0 Å². The number of unbranched alkanes of at least 4 members (excludes halogenated alkanes) is 18. The molecule has 0 heterocycles. The molecule has 0 aliphatic carbocycles. The Kier molecular flexibility index (Phi) is 25.3. The Hall–Kier alpha value is -0.950. The molecule has 0 saturated heterocycles. The standard InChI is InChI=1S/C21H38N.C12H26O4S/c1-4-5-6-7-8-9-10-11-12-16-19-22(2,3)20-21-17-14-13-15-18-21;1-2-3-4-5-6-7-8-9-10-11-12-16-17(13,14)15/h13-15,17-18H,4-12,16,19-20H2,1-3H3;2-12H2,1H3,(H,13,14,15)/q+1;. The Labute approximate surface area is 243 Å². The van der Waals surface area contributed by atoms with Crippen LogP contribution in [-0.4, -0.2) is 44.7 Å². The van der Waals surface area contributed by atoms with Gasteiger partial charge in [-0.15, -0.1) is 0 Å². The highest BCUT2D eigenvalue weighted by Gasteiger charge is 2.14. The van der Waals surface area contributed by atoms with E-state index in [1.54, 1.807) is 0 Å². The van der Waals surface area contributed by atoms with Crippen molar-refractivity contribution in [2.75, 3.05) is 27.2 Å². The number of rotatable bonds is 25. The number of hydrogen-bond acceptors (Lipinski definition) is 3. The van der Waals surface area contributed by atoms with E-state index in [0.717, 1.165) is 23.9 Å². The van der Waals surface area contributed by atoms with Crippen molar-refractivity contribution in [2.24, 2.45) is 0 Å². The van der Waals surface area contributed by atoms with E-state index in [-0.39, 0.29) is 6.61 Å². The highest BCUT2D eigenvalue weighted by molar-refractivity contribution is 7.80. The maximum absolute atomic E-state index is 10.2. The summed E-state index contributed by atoms with van der Waals surface area (Å²) in [5.41, 5.74) is 1.46. The first-order valence-corrected chi connectivity index (χ1v) is 17.5. The minimum absolute atomic E-state index is 0.0926. The largest absolute Gasteiger partial charge is 0.397 e. The van der Waals surface area contributed by atoms with Crippen LogP contribution in [0.25, 0.3) is 0 Å². The Bertz CT molecular complexity index is 737. The predicted molar refractivity (Wildman–Crippen MR) is 168 cm³/mol. The molecule has 1 N–H and O–H groups in total. The SMILES string of the molecule is CCCCCCCCCCCCOS(=O)(=O)O.CCCCCCCCCCCC[N+](C)(C)Cc1ccccc1. The maximum Gasteiger partial charge on any atom is 0.397 e. The Morgan fingerprint density at radius 1 is 0.615 bits per heavy atom. The highest BCUT2D eigenvalue weighted by Crippen LogP contribution is 2.14. The molecule has 6 heteroatoms. The minimum atomic E-state index is -4.23. The number of benzene rings is 1. The van der Waals surface area contributed by atoms with Crippen LogP contribution in [0.15, 0.2) is 30.3 Å². The molecule has 0 aromatic heterocycles. The van der Waals surface area contributed by atoms with Crippen molar-refractivity contribution in [1.82, 2.24) is 0 Å². The van der Waals surface area contributed by atoms with Crippen LogP contribution >= 0.6 is 0 Å². The molecule has 1 aromatic carbocycles. The highest BCUT2D eigenvalue weighted by atomic mass is 32.3. The third-order valence-electron chi connectivity index (χ3n) is 7.30. The van der Waals surface area contributed by atoms with Crippen molar-refractivity contribution in [2.45, 2.75) is 149 Å². The normalized spacial score (nSPS) is 11.8. The molecular formula is C33H64NO4S+. The van der Waals surface area contributed by atoms with Gasteiger partial charge < -0.3 is 4.48 Å². The van der Waals surface area contributed by atoms with E-state index in [4.69, 9.17) is 4.55 Å². The lowest BCUT2D eigenvalue weighted by Crippen LogP contribution is -2.39. The number of hydrogen-bond donors (Lipinski definition) is 1. The first-order chi connectivity index (χ1) is 18.7. The number of quaternary nitrogens is 1. The third kappa shape index (κ3) is 29.8. The van der Waals surface area contributed by atoms with E-state index >= 15 is 0 Å². The van der Waals surface area contributed by atoms with E-state index in [0.29, 0.717) is 6.42 Å². The summed E-state index contributed by atoms with van der Waals surface area (Å²) in [4.78, 5) is 0. The predicted octanol–water partition coefficient (Wildman–Crippen LogP) is 9.91. The molecule has 0 atom stereocenters. The van der Waals surface area contributed by atoms with Crippen LogP contribution in [0, 0.1) is 0 Å². The lowest BCUT2D eigenvalue weighted by molar-refractivity contribution is -0.903. The van der Waals surface area contributed by atoms with E-state index < -0.39 is 10.4 Å². The Balaban J connectivity index is 0.000000768. The van der Waals surface area contributed by atoms with Crippen LogP contribution in [0.4, 0.5) is 0 Å². The van der Waals surface area contributed by atoms with Crippen molar-refractivity contribution in [3.05, 3.63) is 35.9 Å². The zero-order chi connectivity index (χ0) is 29.1. The van der Waals surface area contributed by atoms with Crippen molar-refractivity contribution >= 4 is 10.4 Å². The van der Waals surface area contributed by atoms with E-state index in [2.05, 4.69) is 62.5 Å². The zero-order valence-corrected chi connectivity index (χ0v) is 27.0. The molecule has 1 aromatic rings. The second-order valence-electron chi connectivity index (χ2n) is 11.9. The monoisotopic (exact) mass is 570 g/mol. The summed E-state index contributed by atoms with van der Waals surface area (Å²) in [6, 6.07) is 10.9. The van der Waals surface area contributed by atoms with Gasteiger partial charge in [-0.25, -0.2) is 4.18 Å². The fraction of sp³-hybridized carbons (Fsp3) is 0.818. The Morgan fingerprint density at radius 3 is 1.41 bits per heavy atom. The fourth-order valence-electron chi connectivity index (χ4n) is 4.94. The minimum Gasteiger partial charge on any atom is -0.325 e. The topological polar surface area (TPSA) is 63.6 Å². The second-order valence-corrected chi connectivity index (χ2v) is 13.0. The number of nitrogens with zero attached hydrogens (tertiary/aromatic N) is 1. The molecule has 0 aliphatic rings. The molecule has 230 valence electrons. The van der Waals surface area contributed by atoms with Crippen molar-refractivity contribution in [3.63, 3.8) is 0 Å². The second kappa shape index (κ2) is 26.0. The fourth-order valence-corrected chi connectivity index (χ4v) is 5.27. The van der Waals surface area contributed by atoms with Gasteiger partial charge >= 0.3 is 10.4 Å². The summed E-state index contributed by atoms with van der Waals surface area (Å²) >= 11 is 0. The average Bonchev–Trinajstić information content (AvgIpc) is 2.88. The van der Waals surface area contributed by atoms with Gasteiger partial charge in [-0.05, 0) is 19.3 Å². The van der Waals surface area contributed by atoms with Crippen LogP contribution in [0.5, 0.6) is 0 Å². The van der Waals surface area contributed by atoms with E-state index in [1.807, 2.05) is 0 Å².